The third kappa shape index (κ3) is 15.8. The van der Waals surface area contributed by atoms with E-state index in [1.54, 1.807) is 26.2 Å². The normalized spacial score (nSPS) is 19.3. The number of nitrogens with zero attached hydrogens (tertiary/aromatic N) is 3. The highest BCUT2D eigenvalue weighted by Crippen LogP contribution is 2.30. The highest BCUT2D eigenvalue weighted by Gasteiger charge is 2.43. The lowest BCUT2D eigenvalue weighted by molar-refractivity contribution is -0.147. The molecule has 1 aliphatic rings. The molecule has 0 saturated carbocycles. The van der Waals surface area contributed by atoms with Gasteiger partial charge in [-0.1, -0.05) is 85.2 Å². The summed E-state index contributed by atoms with van der Waals surface area (Å²) in [5.74, 6) is -1.50. The lowest BCUT2D eigenvalue weighted by atomic mass is 9.89. The Balaban J connectivity index is 2.29. The van der Waals surface area contributed by atoms with Crippen molar-refractivity contribution in [3.8, 4) is 0 Å². The van der Waals surface area contributed by atoms with E-state index in [4.69, 9.17) is 9.47 Å². The van der Waals surface area contributed by atoms with Gasteiger partial charge in [-0.05, 0) is 82.2 Å². The first-order valence-corrected chi connectivity index (χ1v) is 25.3. The Bertz CT molecular complexity index is 1450. The summed E-state index contributed by atoms with van der Waals surface area (Å²) < 4.78 is 12.1. The Morgan fingerprint density at radius 2 is 1.58 bits per heavy atom. The minimum absolute atomic E-state index is 0.0231. The molecule has 2 rings (SSSR count). The zero-order valence-electron chi connectivity index (χ0n) is 39.4. The van der Waals surface area contributed by atoms with E-state index < -0.39 is 56.8 Å². The molecule has 15 heteroatoms. The van der Waals surface area contributed by atoms with Crippen molar-refractivity contribution in [2.24, 2.45) is 23.7 Å². The maximum Gasteiger partial charge on any atom is 0.245 e. The highest BCUT2D eigenvalue weighted by molar-refractivity contribution is 6.69. The zero-order chi connectivity index (χ0) is 45.5. The summed E-state index contributed by atoms with van der Waals surface area (Å²) in [5, 5.41) is 20.9. The molecule has 1 unspecified atom stereocenters. The summed E-state index contributed by atoms with van der Waals surface area (Å²) in [4.78, 5) is 71.3. The van der Waals surface area contributed by atoms with E-state index in [0.717, 1.165) is 18.4 Å². The molecule has 14 nitrogen and oxygen atoms in total. The average Bonchev–Trinajstić information content (AvgIpc) is 3.67. The molecule has 1 aliphatic heterocycles. The van der Waals surface area contributed by atoms with E-state index >= 15 is 0 Å². The van der Waals surface area contributed by atoms with Crippen LogP contribution in [0.1, 0.15) is 86.1 Å². The monoisotopic (exact) mass is 863 g/mol. The summed E-state index contributed by atoms with van der Waals surface area (Å²) in [6.07, 6.45) is 0.871. The van der Waals surface area contributed by atoms with E-state index in [1.807, 2.05) is 116 Å². The molecule has 4 amide bonds. The van der Waals surface area contributed by atoms with Gasteiger partial charge in [-0.15, -0.1) is 0 Å². The van der Waals surface area contributed by atoms with Gasteiger partial charge in [0.2, 0.25) is 23.6 Å². The number of likely N-dealkylation sites (N-methyl/N-ethyl adjacent to an activating group) is 2. The van der Waals surface area contributed by atoms with Gasteiger partial charge >= 0.3 is 0 Å². The van der Waals surface area contributed by atoms with Crippen LogP contribution < -0.4 is 16.0 Å². The van der Waals surface area contributed by atoms with Gasteiger partial charge in [0.1, 0.15) is 12.3 Å². The van der Waals surface area contributed by atoms with Crippen LogP contribution in [0.5, 0.6) is 0 Å². The van der Waals surface area contributed by atoms with Crippen molar-refractivity contribution < 1.29 is 38.6 Å². The number of aliphatic hydroxyl groups is 1. The van der Waals surface area contributed by atoms with Crippen LogP contribution in [0.25, 0.3) is 0 Å². The van der Waals surface area contributed by atoms with Crippen molar-refractivity contribution in [1.29, 1.82) is 0 Å². The topological polar surface area (TPSA) is 173 Å². The third-order valence-electron chi connectivity index (χ3n) is 12.3. The van der Waals surface area contributed by atoms with Gasteiger partial charge in [-0.3, -0.25) is 29.4 Å². The maximum absolute atomic E-state index is 14.4. The summed E-state index contributed by atoms with van der Waals surface area (Å²) in [6, 6.07) is 7.58. The second-order valence-electron chi connectivity index (χ2n) is 18.6. The Hall–Kier alpha value is -2.92. The average molecular weight is 863 g/mol. The number of rotatable bonds is 26. The van der Waals surface area contributed by atoms with Gasteiger partial charge in [-0.2, -0.15) is 0 Å². The minimum atomic E-state index is -2.24. The Morgan fingerprint density at radius 3 is 2.10 bits per heavy atom. The van der Waals surface area contributed by atoms with Crippen molar-refractivity contribution in [1.82, 2.24) is 30.7 Å². The number of benzene rings is 1. The molecule has 1 aromatic carbocycles. The van der Waals surface area contributed by atoms with E-state index in [-0.39, 0.29) is 53.8 Å². The molecule has 0 aliphatic carbocycles. The lowest BCUT2D eigenvalue weighted by Crippen LogP contribution is -2.59. The van der Waals surface area contributed by atoms with Crippen LogP contribution in [0.3, 0.4) is 0 Å². The molecule has 0 spiro atoms. The first kappa shape index (κ1) is 53.2. The number of hydrogen-bond donors (Lipinski definition) is 5. The van der Waals surface area contributed by atoms with Crippen LogP contribution in [0.4, 0.5) is 0 Å². The third-order valence-corrected chi connectivity index (χ3v) is 13.9. The van der Waals surface area contributed by atoms with Crippen LogP contribution in [-0.2, 0) is 35.1 Å². The molecular weight excluding hydrogens is 781 g/mol. The van der Waals surface area contributed by atoms with Gasteiger partial charge < -0.3 is 39.8 Å². The van der Waals surface area contributed by atoms with Crippen molar-refractivity contribution in [2.75, 3.05) is 48.5 Å². The molecule has 344 valence electrons. The quantitative estimate of drug-likeness (QED) is 0.0524. The predicted molar refractivity (Wildman–Crippen MR) is 240 cm³/mol. The van der Waals surface area contributed by atoms with Crippen LogP contribution in [0, 0.1) is 23.7 Å². The van der Waals surface area contributed by atoms with Gasteiger partial charge in [0.15, 0.2) is 8.32 Å². The molecule has 5 N–H and O–H groups in total. The molecule has 0 radical (unpaired) electrons. The number of nitrogens with one attached hydrogen (secondary N) is 3. The molecule has 0 bridgehead atoms. The minimum Gasteiger partial charge on any atom is -0.432 e. The smallest absolute Gasteiger partial charge is 0.245 e. The summed E-state index contributed by atoms with van der Waals surface area (Å²) >= 11 is 0. The number of carbonyl (C=O) groups is 4. The van der Waals surface area contributed by atoms with Crippen molar-refractivity contribution in [3.05, 3.63) is 35.9 Å². The highest BCUT2D eigenvalue weighted by atomic mass is 28.4. The van der Waals surface area contributed by atoms with Crippen LogP contribution in [-0.4, -0.2) is 154 Å². The Labute approximate surface area is 363 Å². The van der Waals surface area contributed by atoms with E-state index in [1.165, 1.54) is 0 Å². The van der Waals surface area contributed by atoms with Gasteiger partial charge in [0, 0.05) is 40.3 Å². The SMILES string of the molecule is CC[C@H](C)[C@@H]([C@@H](CC(=O)N1CCC[C@H]1[C@H](OC)[C@@H](C)C(O)N[C@@H](Cc1ccccc1)C(=O)NCCC[Si](C)(C)O)OC)N(C)C(=O)[C@@H](NC(=O)[C@H](C(C)C)N(C)C)C(C)C. The van der Waals surface area contributed by atoms with E-state index in [0.29, 0.717) is 38.4 Å². The van der Waals surface area contributed by atoms with Crippen molar-refractivity contribution in [2.45, 2.75) is 155 Å². The number of aliphatic hydroxyl groups excluding tert-OH is 1. The fraction of sp³-hybridized carbons (Fsp3) is 0.778. The summed E-state index contributed by atoms with van der Waals surface area (Å²) in [6.45, 7) is 18.4. The van der Waals surface area contributed by atoms with Crippen LogP contribution in [0.15, 0.2) is 30.3 Å². The summed E-state index contributed by atoms with van der Waals surface area (Å²) in [5.41, 5.74) is 0.939. The number of carbonyl (C=O) groups excluding carboxylic acids is 4. The molecule has 1 aromatic rings. The number of amides is 4. The Morgan fingerprint density at radius 1 is 0.950 bits per heavy atom. The summed E-state index contributed by atoms with van der Waals surface area (Å²) in [7, 11) is 6.36. The molecule has 60 heavy (non-hydrogen) atoms. The van der Waals surface area contributed by atoms with Crippen LogP contribution >= 0.6 is 0 Å². The fourth-order valence-electron chi connectivity index (χ4n) is 8.76. The zero-order valence-corrected chi connectivity index (χ0v) is 40.4. The molecule has 1 saturated heterocycles. The molecular formula is C45H82N6O8Si. The number of ether oxygens (including phenoxy) is 2. The lowest BCUT2D eigenvalue weighted by Gasteiger charge is -2.41. The molecule has 10 atom stereocenters. The fourth-order valence-corrected chi connectivity index (χ4v) is 9.80. The van der Waals surface area contributed by atoms with Crippen molar-refractivity contribution >= 4 is 31.9 Å². The van der Waals surface area contributed by atoms with Gasteiger partial charge in [0.25, 0.3) is 0 Å². The number of methoxy groups -OCH3 is 2. The number of hydrogen-bond acceptors (Lipinski definition) is 10. The first-order valence-electron chi connectivity index (χ1n) is 22.2. The molecule has 1 fully saturated rings. The van der Waals surface area contributed by atoms with E-state index in [2.05, 4.69) is 16.0 Å². The largest absolute Gasteiger partial charge is 0.432 e. The Kier molecular flexibility index (Phi) is 22.4. The second-order valence-corrected chi connectivity index (χ2v) is 22.7. The molecule has 0 aromatic heterocycles. The number of likely N-dealkylation sites (tertiary alicyclic amines) is 1. The first-order chi connectivity index (χ1) is 28.1. The van der Waals surface area contributed by atoms with Crippen molar-refractivity contribution in [3.63, 3.8) is 0 Å². The second kappa shape index (κ2) is 25.3. The van der Waals surface area contributed by atoms with Crippen LogP contribution in [0.2, 0.25) is 19.1 Å². The maximum atomic E-state index is 14.4. The predicted octanol–water partition coefficient (Wildman–Crippen LogP) is 3.86. The molecule has 1 heterocycles. The van der Waals surface area contributed by atoms with Gasteiger partial charge in [-0.25, -0.2) is 0 Å². The standard InChI is InChI=1S/C45H82N6O8Si/c1-15-31(6)40(50(10)45(56)38(29(2)3)48-44(55)39(30(4)5)49(8)9)36(58-11)28-37(52)51-25-19-23-35(51)41(59-12)32(7)42(53)47-34(27-33-21-17-16-18-22-33)43(54)46-24-20-26-60(13,14)57/h16-18,21-22,29-32,34-36,38-42,47,53,57H,15,19-20,23-28H2,1-14H3,(H,46,54)(H,48,55)/t31-,32+,34-,35-,36+,38-,39-,40-,41+,42?/m0/s1. The van der Waals surface area contributed by atoms with E-state index in [9.17, 15) is 29.1 Å². The van der Waals surface area contributed by atoms with Gasteiger partial charge in [0.05, 0.1) is 42.8 Å².